The summed E-state index contributed by atoms with van der Waals surface area (Å²) in [6.45, 7) is 6.28. The molecule has 0 radical (unpaired) electrons. The van der Waals surface area contributed by atoms with Crippen LogP contribution in [0.4, 0.5) is 10.5 Å². The molecule has 0 unspecified atom stereocenters. The average Bonchev–Trinajstić information content (AvgIpc) is 2.45. The minimum atomic E-state index is -0.530. The SMILES string of the molecule is CC(C)(C)OC(=O)N(CCO)C[C@@H]1CCc2ccccc2N1. The summed E-state index contributed by atoms with van der Waals surface area (Å²) in [5.74, 6) is 0. The summed E-state index contributed by atoms with van der Waals surface area (Å²) in [5, 5.41) is 12.7. The molecule has 1 aliphatic rings. The molecule has 1 aromatic rings. The average molecular weight is 306 g/mol. The highest BCUT2D eigenvalue weighted by Gasteiger charge is 2.26. The topological polar surface area (TPSA) is 61.8 Å². The van der Waals surface area contributed by atoms with Gasteiger partial charge in [0.25, 0.3) is 0 Å². The number of benzene rings is 1. The second-order valence-corrected chi connectivity index (χ2v) is 6.69. The van der Waals surface area contributed by atoms with E-state index < -0.39 is 5.60 Å². The molecule has 0 aromatic heterocycles. The van der Waals surface area contributed by atoms with E-state index >= 15 is 0 Å². The Morgan fingerprint density at radius 1 is 1.41 bits per heavy atom. The van der Waals surface area contributed by atoms with E-state index in [-0.39, 0.29) is 25.3 Å². The molecule has 0 spiro atoms. The largest absolute Gasteiger partial charge is 0.444 e. The van der Waals surface area contributed by atoms with E-state index in [1.165, 1.54) is 5.56 Å². The lowest BCUT2D eigenvalue weighted by Gasteiger charge is -2.33. The summed E-state index contributed by atoms with van der Waals surface area (Å²) in [4.78, 5) is 13.8. The third-order valence-corrected chi connectivity index (χ3v) is 3.60. The molecule has 0 bridgehead atoms. The van der Waals surface area contributed by atoms with Gasteiger partial charge in [0.1, 0.15) is 5.60 Å². The Hall–Kier alpha value is -1.75. The van der Waals surface area contributed by atoms with E-state index in [2.05, 4.69) is 17.4 Å². The summed E-state index contributed by atoms with van der Waals surface area (Å²) in [5.41, 5.74) is 1.91. The Morgan fingerprint density at radius 3 is 2.82 bits per heavy atom. The number of aliphatic hydroxyl groups excluding tert-OH is 1. The fourth-order valence-electron chi connectivity index (χ4n) is 2.61. The van der Waals surface area contributed by atoms with Gasteiger partial charge in [-0.3, -0.25) is 0 Å². The number of nitrogens with one attached hydrogen (secondary N) is 1. The van der Waals surface area contributed by atoms with Crippen molar-refractivity contribution < 1.29 is 14.6 Å². The maximum absolute atomic E-state index is 12.2. The van der Waals surface area contributed by atoms with Gasteiger partial charge >= 0.3 is 6.09 Å². The van der Waals surface area contributed by atoms with Gasteiger partial charge in [-0.15, -0.1) is 0 Å². The number of aryl methyl sites for hydroxylation is 1. The van der Waals surface area contributed by atoms with Crippen molar-refractivity contribution in [3.63, 3.8) is 0 Å². The van der Waals surface area contributed by atoms with Crippen LogP contribution in [0.1, 0.15) is 32.8 Å². The maximum Gasteiger partial charge on any atom is 0.410 e. The fraction of sp³-hybridized carbons (Fsp3) is 0.588. The highest BCUT2D eigenvalue weighted by molar-refractivity contribution is 5.68. The van der Waals surface area contributed by atoms with Crippen molar-refractivity contribution in [3.8, 4) is 0 Å². The Kier molecular flexibility index (Phi) is 5.29. The van der Waals surface area contributed by atoms with E-state index in [0.717, 1.165) is 18.5 Å². The quantitative estimate of drug-likeness (QED) is 0.898. The zero-order chi connectivity index (χ0) is 16.2. The van der Waals surface area contributed by atoms with Gasteiger partial charge < -0.3 is 20.1 Å². The lowest BCUT2D eigenvalue weighted by atomic mass is 9.98. The molecule has 122 valence electrons. The normalized spacial score (nSPS) is 17.4. The number of fused-ring (bicyclic) bond motifs is 1. The Balaban J connectivity index is 1.98. The molecule has 2 rings (SSSR count). The monoisotopic (exact) mass is 306 g/mol. The highest BCUT2D eigenvalue weighted by Crippen LogP contribution is 2.24. The van der Waals surface area contributed by atoms with Crippen molar-refractivity contribution >= 4 is 11.8 Å². The first-order valence-electron chi connectivity index (χ1n) is 7.82. The van der Waals surface area contributed by atoms with Gasteiger partial charge in [0.2, 0.25) is 0 Å². The van der Waals surface area contributed by atoms with E-state index in [0.29, 0.717) is 6.54 Å². The molecule has 0 saturated carbocycles. The van der Waals surface area contributed by atoms with E-state index in [4.69, 9.17) is 4.74 Å². The van der Waals surface area contributed by atoms with E-state index in [1.807, 2.05) is 32.9 Å². The number of nitrogens with zero attached hydrogens (tertiary/aromatic N) is 1. The van der Waals surface area contributed by atoms with Gasteiger partial charge in [0.15, 0.2) is 0 Å². The highest BCUT2D eigenvalue weighted by atomic mass is 16.6. The molecule has 22 heavy (non-hydrogen) atoms. The number of carbonyl (C=O) groups is 1. The van der Waals surface area contributed by atoms with Crippen molar-refractivity contribution in [3.05, 3.63) is 29.8 Å². The number of aliphatic hydroxyl groups is 1. The van der Waals surface area contributed by atoms with E-state index in [1.54, 1.807) is 4.90 Å². The summed E-state index contributed by atoms with van der Waals surface area (Å²) < 4.78 is 5.41. The van der Waals surface area contributed by atoms with Crippen LogP contribution in [-0.2, 0) is 11.2 Å². The molecule has 1 amide bonds. The third-order valence-electron chi connectivity index (χ3n) is 3.60. The first kappa shape index (κ1) is 16.6. The summed E-state index contributed by atoms with van der Waals surface area (Å²) in [6, 6.07) is 8.41. The van der Waals surface area contributed by atoms with Crippen LogP contribution in [0.25, 0.3) is 0 Å². The van der Waals surface area contributed by atoms with Gasteiger partial charge in [0.05, 0.1) is 6.61 Å². The number of hydrogen-bond acceptors (Lipinski definition) is 4. The number of carbonyl (C=O) groups excluding carboxylic acids is 1. The Labute approximate surface area is 132 Å². The predicted octanol–water partition coefficient (Wildman–Crippen LogP) is 2.64. The molecular formula is C17H26N2O3. The standard InChI is InChI=1S/C17H26N2O3/c1-17(2,3)22-16(21)19(10-11-20)12-14-9-8-13-6-4-5-7-15(13)18-14/h4-7,14,18,20H,8-12H2,1-3H3/t14-/m0/s1. The molecule has 1 heterocycles. The van der Waals surface area contributed by atoms with Crippen molar-refractivity contribution in [2.24, 2.45) is 0 Å². The van der Waals surface area contributed by atoms with Crippen molar-refractivity contribution in [1.29, 1.82) is 0 Å². The molecule has 0 saturated heterocycles. The number of ether oxygens (including phenoxy) is 1. The number of rotatable bonds is 4. The first-order valence-corrected chi connectivity index (χ1v) is 7.82. The molecule has 5 heteroatoms. The molecule has 0 aliphatic carbocycles. The summed E-state index contributed by atoms with van der Waals surface area (Å²) in [6.07, 6.45) is 1.58. The van der Waals surface area contributed by atoms with Crippen LogP contribution in [0.2, 0.25) is 0 Å². The molecular weight excluding hydrogens is 280 g/mol. The molecule has 1 aliphatic heterocycles. The number of hydrogen-bond donors (Lipinski definition) is 2. The molecule has 1 atom stereocenters. The van der Waals surface area contributed by atoms with Gasteiger partial charge in [-0.05, 0) is 45.2 Å². The lowest BCUT2D eigenvalue weighted by Crippen LogP contribution is -2.45. The minimum absolute atomic E-state index is 0.0669. The van der Waals surface area contributed by atoms with Crippen LogP contribution < -0.4 is 5.32 Å². The van der Waals surface area contributed by atoms with Gasteiger partial charge in [-0.1, -0.05) is 18.2 Å². The van der Waals surface area contributed by atoms with Crippen molar-refractivity contribution in [1.82, 2.24) is 4.90 Å². The van der Waals surface area contributed by atoms with Crippen LogP contribution in [0, 0.1) is 0 Å². The zero-order valence-corrected chi connectivity index (χ0v) is 13.6. The predicted molar refractivity (Wildman–Crippen MR) is 87.1 cm³/mol. The summed E-state index contributed by atoms with van der Waals surface area (Å²) in [7, 11) is 0. The van der Waals surface area contributed by atoms with Crippen molar-refractivity contribution in [2.45, 2.75) is 45.3 Å². The lowest BCUT2D eigenvalue weighted by molar-refractivity contribution is 0.0209. The molecule has 0 fully saturated rings. The van der Waals surface area contributed by atoms with Crippen LogP contribution in [0.5, 0.6) is 0 Å². The molecule has 5 nitrogen and oxygen atoms in total. The first-order chi connectivity index (χ1) is 10.4. The maximum atomic E-state index is 12.2. The fourth-order valence-corrected chi connectivity index (χ4v) is 2.61. The molecule has 2 N–H and O–H groups in total. The second-order valence-electron chi connectivity index (χ2n) is 6.69. The Bertz CT molecular complexity index is 511. The van der Waals surface area contributed by atoms with E-state index in [9.17, 15) is 9.90 Å². The zero-order valence-electron chi connectivity index (χ0n) is 13.6. The van der Waals surface area contributed by atoms with Crippen LogP contribution in [0.15, 0.2) is 24.3 Å². The van der Waals surface area contributed by atoms with Gasteiger partial charge in [-0.25, -0.2) is 4.79 Å². The molecule has 1 aromatic carbocycles. The minimum Gasteiger partial charge on any atom is -0.444 e. The second kappa shape index (κ2) is 7.01. The Morgan fingerprint density at radius 2 is 2.14 bits per heavy atom. The van der Waals surface area contributed by atoms with Gasteiger partial charge in [0, 0.05) is 24.8 Å². The number of para-hydroxylation sites is 1. The number of anilines is 1. The van der Waals surface area contributed by atoms with Crippen LogP contribution in [-0.4, -0.2) is 47.4 Å². The van der Waals surface area contributed by atoms with Crippen molar-refractivity contribution in [2.75, 3.05) is 25.0 Å². The summed E-state index contributed by atoms with van der Waals surface area (Å²) >= 11 is 0. The number of amides is 1. The van der Waals surface area contributed by atoms with Crippen LogP contribution >= 0.6 is 0 Å². The van der Waals surface area contributed by atoms with Gasteiger partial charge in [-0.2, -0.15) is 0 Å². The smallest absolute Gasteiger partial charge is 0.410 e. The third kappa shape index (κ3) is 4.63. The van der Waals surface area contributed by atoms with Crippen LogP contribution in [0.3, 0.4) is 0 Å².